The Balaban J connectivity index is 1.99. The number of thiocarbonyl (C=S) groups is 1. The van der Waals surface area contributed by atoms with Crippen molar-refractivity contribution < 1.29 is 17.9 Å². The highest BCUT2D eigenvalue weighted by molar-refractivity contribution is 7.80. The van der Waals surface area contributed by atoms with Gasteiger partial charge in [-0.15, -0.1) is 0 Å². The molecule has 0 radical (unpaired) electrons. The number of rotatable bonds is 4. The van der Waals surface area contributed by atoms with Crippen LogP contribution in [0.1, 0.15) is 11.1 Å². The van der Waals surface area contributed by atoms with Crippen molar-refractivity contribution in [2.75, 3.05) is 12.4 Å². The summed E-state index contributed by atoms with van der Waals surface area (Å²) in [7, 11) is 1.57. The molecule has 0 aromatic heterocycles. The maximum atomic E-state index is 12.8. The van der Waals surface area contributed by atoms with Crippen LogP contribution in [0.3, 0.4) is 0 Å². The highest BCUT2D eigenvalue weighted by Crippen LogP contribution is 2.36. The normalized spacial score (nSPS) is 11.0. The Morgan fingerprint density at radius 3 is 2.62 bits per heavy atom. The van der Waals surface area contributed by atoms with Crippen molar-refractivity contribution in [1.29, 1.82) is 0 Å². The summed E-state index contributed by atoms with van der Waals surface area (Å²) >= 11 is 10.7. The fraction of sp³-hybridized carbons (Fsp3) is 0.188. The molecule has 0 heterocycles. The van der Waals surface area contributed by atoms with Gasteiger partial charge in [0.25, 0.3) is 0 Å². The molecular weight excluding hydrogens is 361 g/mol. The minimum absolute atomic E-state index is 0.202. The quantitative estimate of drug-likeness (QED) is 0.749. The number of hydrogen-bond acceptors (Lipinski definition) is 2. The second-order valence-electron chi connectivity index (χ2n) is 4.85. The lowest BCUT2D eigenvalue weighted by Crippen LogP contribution is -2.28. The van der Waals surface area contributed by atoms with E-state index in [-0.39, 0.29) is 15.8 Å². The van der Waals surface area contributed by atoms with Crippen LogP contribution in [0.4, 0.5) is 18.9 Å². The number of ether oxygens (including phenoxy) is 1. The summed E-state index contributed by atoms with van der Waals surface area (Å²) in [4.78, 5) is 0. The monoisotopic (exact) mass is 374 g/mol. The molecule has 2 rings (SSSR count). The van der Waals surface area contributed by atoms with Crippen LogP contribution in [0, 0.1) is 0 Å². The van der Waals surface area contributed by atoms with E-state index in [1.54, 1.807) is 7.11 Å². The Morgan fingerprint density at radius 2 is 1.96 bits per heavy atom. The molecular formula is C16H14ClF3N2OS. The fourth-order valence-corrected chi connectivity index (χ4v) is 2.38. The first-order valence-corrected chi connectivity index (χ1v) is 7.63. The molecule has 0 saturated heterocycles. The molecule has 0 amide bonds. The molecule has 0 unspecified atom stereocenters. The van der Waals surface area contributed by atoms with Gasteiger partial charge < -0.3 is 15.4 Å². The van der Waals surface area contributed by atoms with Gasteiger partial charge in [-0.05, 0) is 48.1 Å². The molecule has 0 aliphatic rings. The van der Waals surface area contributed by atoms with Crippen LogP contribution in [0.15, 0.2) is 42.5 Å². The number of nitrogens with one attached hydrogen (secondary N) is 2. The molecule has 0 bridgehead atoms. The Labute approximate surface area is 147 Å². The third kappa shape index (κ3) is 5.01. The Kier molecular flexibility index (Phi) is 5.90. The number of alkyl halides is 3. The van der Waals surface area contributed by atoms with Gasteiger partial charge in [0, 0.05) is 12.2 Å². The van der Waals surface area contributed by atoms with Crippen LogP contribution in [0.5, 0.6) is 5.75 Å². The van der Waals surface area contributed by atoms with E-state index in [0.717, 1.165) is 11.6 Å². The van der Waals surface area contributed by atoms with Crippen molar-refractivity contribution in [1.82, 2.24) is 5.32 Å². The number of methoxy groups -OCH3 is 1. The maximum Gasteiger partial charge on any atom is 0.417 e. The summed E-state index contributed by atoms with van der Waals surface area (Å²) < 4.78 is 43.6. The Hall–Kier alpha value is -1.99. The van der Waals surface area contributed by atoms with Gasteiger partial charge in [0.15, 0.2) is 5.11 Å². The highest BCUT2D eigenvalue weighted by Gasteiger charge is 2.33. The first-order chi connectivity index (χ1) is 11.3. The molecule has 0 fully saturated rings. The van der Waals surface area contributed by atoms with Crippen molar-refractivity contribution >= 4 is 34.6 Å². The van der Waals surface area contributed by atoms with Crippen LogP contribution in [0.2, 0.25) is 5.02 Å². The summed E-state index contributed by atoms with van der Waals surface area (Å²) in [5, 5.41) is 5.48. The molecule has 128 valence electrons. The largest absolute Gasteiger partial charge is 0.497 e. The minimum Gasteiger partial charge on any atom is -0.497 e. The van der Waals surface area contributed by atoms with E-state index in [1.165, 1.54) is 12.1 Å². The minimum atomic E-state index is -4.52. The first-order valence-electron chi connectivity index (χ1n) is 6.84. The van der Waals surface area contributed by atoms with E-state index in [1.807, 2.05) is 24.3 Å². The second kappa shape index (κ2) is 7.72. The zero-order valence-corrected chi connectivity index (χ0v) is 14.1. The standard InChI is InChI=1S/C16H14ClF3N2OS/c1-23-12-4-2-3-10(7-12)9-21-15(24)22-11-5-6-14(17)13(8-11)16(18,19)20/h2-8H,9H2,1H3,(H2,21,22,24). The second-order valence-corrected chi connectivity index (χ2v) is 5.67. The molecule has 0 aliphatic carbocycles. The summed E-state index contributed by atoms with van der Waals surface area (Å²) in [6.45, 7) is 0.406. The molecule has 0 atom stereocenters. The van der Waals surface area contributed by atoms with E-state index in [2.05, 4.69) is 10.6 Å². The lowest BCUT2D eigenvalue weighted by Gasteiger charge is -2.14. The molecule has 3 nitrogen and oxygen atoms in total. The van der Waals surface area contributed by atoms with Gasteiger partial charge in [-0.1, -0.05) is 23.7 Å². The Bertz CT molecular complexity index is 738. The lowest BCUT2D eigenvalue weighted by atomic mass is 10.2. The van der Waals surface area contributed by atoms with E-state index in [4.69, 9.17) is 28.6 Å². The summed E-state index contributed by atoms with van der Waals surface area (Å²) in [6.07, 6.45) is -4.52. The zero-order chi connectivity index (χ0) is 17.7. The van der Waals surface area contributed by atoms with E-state index < -0.39 is 11.7 Å². The number of benzene rings is 2. The SMILES string of the molecule is COc1cccc(CNC(=S)Nc2ccc(Cl)c(C(F)(F)F)c2)c1. The van der Waals surface area contributed by atoms with Gasteiger partial charge in [0.1, 0.15) is 5.75 Å². The number of hydrogen-bond donors (Lipinski definition) is 2. The molecule has 24 heavy (non-hydrogen) atoms. The third-order valence-electron chi connectivity index (χ3n) is 3.12. The van der Waals surface area contributed by atoms with E-state index >= 15 is 0 Å². The molecule has 0 spiro atoms. The third-order valence-corrected chi connectivity index (χ3v) is 3.69. The topological polar surface area (TPSA) is 33.3 Å². The van der Waals surface area contributed by atoms with Crippen LogP contribution >= 0.6 is 23.8 Å². The van der Waals surface area contributed by atoms with Gasteiger partial charge in [0.2, 0.25) is 0 Å². The zero-order valence-electron chi connectivity index (χ0n) is 12.6. The first kappa shape index (κ1) is 18.4. The van der Waals surface area contributed by atoms with Crippen LogP contribution in [-0.4, -0.2) is 12.2 Å². The van der Waals surface area contributed by atoms with Gasteiger partial charge >= 0.3 is 6.18 Å². The van der Waals surface area contributed by atoms with Crippen molar-refractivity contribution in [2.45, 2.75) is 12.7 Å². The van der Waals surface area contributed by atoms with E-state index in [0.29, 0.717) is 12.3 Å². The average Bonchev–Trinajstić information content (AvgIpc) is 2.54. The number of anilines is 1. The molecule has 0 saturated carbocycles. The van der Waals surface area contributed by atoms with Crippen molar-refractivity contribution in [2.24, 2.45) is 0 Å². The van der Waals surface area contributed by atoms with Crippen LogP contribution in [0.25, 0.3) is 0 Å². The molecule has 0 aliphatic heterocycles. The Morgan fingerprint density at radius 1 is 1.21 bits per heavy atom. The average molecular weight is 375 g/mol. The lowest BCUT2D eigenvalue weighted by molar-refractivity contribution is -0.137. The molecule has 2 aromatic carbocycles. The van der Waals surface area contributed by atoms with Crippen LogP contribution < -0.4 is 15.4 Å². The highest BCUT2D eigenvalue weighted by atomic mass is 35.5. The predicted octanol–water partition coefficient (Wildman–Crippen LogP) is 4.85. The predicted molar refractivity (Wildman–Crippen MR) is 92.5 cm³/mol. The van der Waals surface area contributed by atoms with Crippen molar-refractivity contribution in [3.8, 4) is 5.75 Å². The van der Waals surface area contributed by atoms with Crippen LogP contribution in [-0.2, 0) is 12.7 Å². The van der Waals surface area contributed by atoms with Gasteiger partial charge in [-0.2, -0.15) is 13.2 Å². The van der Waals surface area contributed by atoms with Gasteiger partial charge in [-0.3, -0.25) is 0 Å². The van der Waals surface area contributed by atoms with Crippen molar-refractivity contribution in [3.63, 3.8) is 0 Å². The summed E-state index contributed by atoms with van der Waals surface area (Å²) in [5.74, 6) is 0.709. The van der Waals surface area contributed by atoms with Gasteiger partial charge in [0.05, 0.1) is 17.7 Å². The summed E-state index contributed by atoms with van der Waals surface area (Å²) in [5.41, 5.74) is 0.213. The fourth-order valence-electron chi connectivity index (χ4n) is 1.96. The molecule has 2 N–H and O–H groups in total. The van der Waals surface area contributed by atoms with Crippen molar-refractivity contribution in [3.05, 3.63) is 58.6 Å². The summed E-state index contributed by atoms with van der Waals surface area (Å²) in [6, 6.07) is 10.9. The maximum absolute atomic E-state index is 12.8. The number of halogens is 4. The smallest absolute Gasteiger partial charge is 0.417 e. The van der Waals surface area contributed by atoms with E-state index in [9.17, 15) is 13.2 Å². The molecule has 2 aromatic rings. The molecule has 8 heteroatoms. The van der Waals surface area contributed by atoms with Gasteiger partial charge in [-0.25, -0.2) is 0 Å².